The van der Waals surface area contributed by atoms with Gasteiger partial charge in [-0.15, -0.1) is 22.6 Å². The van der Waals surface area contributed by atoms with Crippen molar-refractivity contribution in [1.82, 2.24) is 10.2 Å². The van der Waals surface area contributed by atoms with Crippen molar-refractivity contribution in [3.8, 4) is 11.5 Å². The molecule has 1 heterocycles. The van der Waals surface area contributed by atoms with Gasteiger partial charge in [0.1, 0.15) is 0 Å². The Morgan fingerprint density at radius 2 is 2.00 bits per heavy atom. The maximum atomic E-state index is 5.38. The zero-order valence-corrected chi connectivity index (χ0v) is 9.12. The van der Waals surface area contributed by atoms with Crippen molar-refractivity contribution in [2.45, 2.75) is 13.5 Å². The van der Waals surface area contributed by atoms with Crippen LogP contribution in [0.15, 0.2) is 28.7 Å². The summed E-state index contributed by atoms with van der Waals surface area (Å²) < 4.78 is 5.35. The quantitative estimate of drug-likeness (QED) is 0.848. The van der Waals surface area contributed by atoms with Crippen molar-refractivity contribution in [3.63, 3.8) is 0 Å². The molecular formula is C10H12ClN3O. The van der Waals surface area contributed by atoms with Crippen LogP contribution in [0.3, 0.4) is 0 Å². The van der Waals surface area contributed by atoms with Crippen LogP contribution in [-0.2, 0) is 6.54 Å². The second-order valence-electron chi connectivity index (χ2n) is 3.02. The number of rotatable bonds is 2. The maximum absolute atomic E-state index is 5.38. The summed E-state index contributed by atoms with van der Waals surface area (Å²) in [6.45, 7) is 2.28. The lowest BCUT2D eigenvalue weighted by Gasteiger charge is -1.98. The Labute approximate surface area is 93.9 Å². The minimum Gasteiger partial charge on any atom is -0.419 e. The molecule has 15 heavy (non-hydrogen) atoms. The molecule has 2 N–H and O–H groups in total. The van der Waals surface area contributed by atoms with E-state index in [0.717, 1.165) is 11.1 Å². The van der Waals surface area contributed by atoms with E-state index in [4.69, 9.17) is 10.2 Å². The average Bonchev–Trinajstić information content (AvgIpc) is 2.67. The minimum absolute atomic E-state index is 0. The summed E-state index contributed by atoms with van der Waals surface area (Å²) >= 11 is 0. The van der Waals surface area contributed by atoms with Crippen molar-refractivity contribution in [3.05, 3.63) is 35.7 Å². The van der Waals surface area contributed by atoms with Gasteiger partial charge >= 0.3 is 0 Å². The van der Waals surface area contributed by atoms with E-state index in [1.165, 1.54) is 0 Å². The molecule has 0 bridgehead atoms. The summed E-state index contributed by atoms with van der Waals surface area (Å²) in [6, 6.07) is 7.86. The Balaban J connectivity index is 0.00000112. The molecule has 0 fully saturated rings. The monoisotopic (exact) mass is 225 g/mol. The van der Waals surface area contributed by atoms with Gasteiger partial charge in [-0.05, 0) is 18.6 Å². The summed E-state index contributed by atoms with van der Waals surface area (Å²) in [5, 5.41) is 7.73. The van der Waals surface area contributed by atoms with Crippen LogP contribution in [0.5, 0.6) is 0 Å². The van der Waals surface area contributed by atoms with Crippen LogP contribution in [-0.4, -0.2) is 10.2 Å². The van der Waals surface area contributed by atoms with E-state index in [1.807, 2.05) is 31.2 Å². The molecule has 80 valence electrons. The molecule has 4 nitrogen and oxygen atoms in total. The van der Waals surface area contributed by atoms with E-state index in [9.17, 15) is 0 Å². The van der Waals surface area contributed by atoms with Crippen molar-refractivity contribution in [2.24, 2.45) is 5.73 Å². The van der Waals surface area contributed by atoms with Crippen LogP contribution in [0, 0.1) is 6.92 Å². The number of benzene rings is 1. The molecule has 0 atom stereocenters. The fourth-order valence-corrected chi connectivity index (χ4v) is 1.26. The fourth-order valence-electron chi connectivity index (χ4n) is 1.26. The predicted molar refractivity (Wildman–Crippen MR) is 59.6 cm³/mol. The first-order valence-corrected chi connectivity index (χ1v) is 4.39. The topological polar surface area (TPSA) is 64.9 Å². The normalized spacial score (nSPS) is 9.73. The first-order chi connectivity index (χ1) is 6.81. The summed E-state index contributed by atoms with van der Waals surface area (Å²) in [6.07, 6.45) is 0. The summed E-state index contributed by atoms with van der Waals surface area (Å²) in [5.74, 6) is 0.992. The lowest BCUT2D eigenvalue weighted by atomic mass is 10.1. The predicted octanol–water partition coefficient (Wildman–Crippen LogP) is 1.93. The molecule has 2 aromatic rings. The van der Waals surface area contributed by atoms with Gasteiger partial charge in [-0.2, -0.15) is 0 Å². The highest BCUT2D eigenvalue weighted by molar-refractivity contribution is 5.85. The van der Waals surface area contributed by atoms with E-state index >= 15 is 0 Å². The molecule has 0 aliphatic carbocycles. The molecular weight excluding hydrogens is 214 g/mol. The van der Waals surface area contributed by atoms with Gasteiger partial charge in [0.25, 0.3) is 0 Å². The smallest absolute Gasteiger partial charge is 0.248 e. The Morgan fingerprint density at radius 1 is 1.27 bits per heavy atom. The molecule has 2 rings (SSSR count). The first kappa shape index (κ1) is 11.7. The number of aromatic nitrogens is 2. The van der Waals surface area contributed by atoms with Gasteiger partial charge in [0.2, 0.25) is 11.8 Å². The van der Waals surface area contributed by atoms with Gasteiger partial charge in [-0.1, -0.05) is 18.2 Å². The van der Waals surface area contributed by atoms with E-state index in [0.29, 0.717) is 11.8 Å². The highest BCUT2D eigenvalue weighted by Crippen LogP contribution is 2.21. The standard InChI is InChI=1S/C10H11N3O.ClH/c1-7-4-2-3-5-8(7)10-13-12-9(6-11)14-10;/h2-5H,6,11H2,1H3;1H. The van der Waals surface area contributed by atoms with Crippen LogP contribution in [0.25, 0.3) is 11.5 Å². The molecule has 1 aromatic carbocycles. The second-order valence-corrected chi connectivity index (χ2v) is 3.02. The van der Waals surface area contributed by atoms with Crippen LogP contribution in [0.1, 0.15) is 11.5 Å². The van der Waals surface area contributed by atoms with Crippen molar-refractivity contribution in [2.75, 3.05) is 0 Å². The van der Waals surface area contributed by atoms with Crippen molar-refractivity contribution < 1.29 is 4.42 Å². The number of hydrogen-bond donors (Lipinski definition) is 1. The molecule has 0 unspecified atom stereocenters. The zero-order chi connectivity index (χ0) is 9.97. The number of halogens is 1. The molecule has 0 saturated carbocycles. The summed E-state index contributed by atoms with van der Waals surface area (Å²) in [7, 11) is 0. The number of aryl methyl sites for hydroxylation is 1. The maximum Gasteiger partial charge on any atom is 0.248 e. The van der Waals surface area contributed by atoms with E-state index in [2.05, 4.69) is 10.2 Å². The SMILES string of the molecule is Cc1ccccc1-c1nnc(CN)o1.Cl. The van der Waals surface area contributed by atoms with Gasteiger partial charge in [0.15, 0.2) is 0 Å². The molecule has 0 aliphatic rings. The number of nitrogens with two attached hydrogens (primary N) is 1. The first-order valence-electron chi connectivity index (χ1n) is 4.39. The van der Waals surface area contributed by atoms with Gasteiger partial charge in [-0.3, -0.25) is 0 Å². The van der Waals surface area contributed by atoms with Crippen molar-refractivity contribution >= 4 is 12.4 Å². The number of nitrogens with zero attached hydrogens (tertiary/aromatic N) is 2. The van der Waals surface area contributed by atoms with Gasteiger partial charge in [0.05, 0.1) is 6.54 Å². The van der Waals surface area contributed by atoms with E-state index < -0.39 is 0 Å². The Hall–Kier alpha value is -1.39. The van der Waals surface area contributed by atoms with Crippen LogP contribution in [0.2, 0.25) is 0 Å². The van der Waals surface area contributed by atoms with E-state index in [-0.39, 0.29) is 19.0 Å². The van der Waals surface area contributed by atoms with Crippen molar-refractivity contribution in [1.29, 1.82) is 0 Å². The summed E-state index contributed by atoms with van der Waals surface area (Å²) in [4.78, 5) is 0. The fraction of sp³-hybridized carbons (Fsp3) is 0.200. The third-order valence-electron chi connectivity index (χ3n) is 2.02. The van der Waals surface area contributed by atoms with Crippen LogP contribution < -0.4 is 5.73 Å². The third-order valence-corrected chi connectivity index (χ3v) is 2.02. The minimum atomic E-state index is 0. The highest BCUT2D eigenvalue weighted by atomic mass is 35.5. The molecule has 5 heteroatoms. The van der Waals surface area contributed by atoms with Crippen LogP contribution in [0.4, 0.5) is 0 Å². The lowest BCUT2D eigenvalue weighted by molar-refractivity contribution is 0.508. The Kier molecular flexibility index (Phi) is 3.82. The zero-order valence-electron chi connectivity index (χ0n) is 8.30. The average molecular weight is 226 g/mol. The summed E-state index contributed by atoms with van der Waals surface area (Å²) in [5.41, 5.74) is 7.45. The largest absolute Gasteiger partial charge is 0.419 e. The Bertz CT molecular complexity index is 442. The molecule has 0 spiro atoms. The number of hydrogen-bond acceptors (Lipinski definition) is 4. The molecule has 0 amide bonds. The highest BCUT2D eigenvalue weighted by Gasteiger charge is 2.08. The molecule has 1 aromatic heterocycles. The Morgan fingerprint density at radius 3 is 2.60 bits per heavy atom. The molecule has 0 aliphatic heterocycles. The van der Waals surface area contributed by atoms with Gasteiger partial charge < -0.3 is 10.2 Å². The van der Waals surface area contributed by atoms with Gasteiger partial charge in [-0.25, -0.2) is 0 Å². The molecule has 0 radical (unpaired) electrons. The van der Waals surface area contributed by atoms with Gasteiger partial charge in [0, 0.05) is 5.56 Å². The second kappa shape index (κ2) is 4.91. The lowest BCUT2D eigenvalue weighted by Crippen LogP contribution is -1.95. The van der Waals surface area contributed by atoms with Crippen LogP contribution >= 0.6 is 12.4 Å². The van der Waals surface area contributed by atoms with E-state index in [1.54, 1.807) is 0 Å². The third kappa shape index (κ3) is 2.34. The molecule has 0 saturated heterocycles.